The molecule has 1 fully saturated rings. The normalized spacial score (nSPS) is 15.5. The van der Waals surface area contributed by atoms with Crippen molar-refractivity contribution in [3.8, 4) is 11.3 Å². The van der Waals surface area contributed by atoms with Gasteiger partial charge in [0.1, 0.15) is 6.61 Å². The summed E-state index contributed by atoms with van der Waals surface area (Å²) in [5, 5.41) is 5.41. The molecule has 1 aliphatic carbocycles. The molecule has 0 spiro atoms. The molecule has 0 saturated heterocycles. The van der Waals surface area contributed by atoms with Gasteiger partial charge in [-0.2, -0.15) is 0 Å². The van der Waals surface area contributed by atoms with Crippen LogP contribution in [0.3, 0.4) is 0 Å². The molecule has 1 heterocycles. The third kappa shape index (κ3) is 4.62. The third-order valence-electron chi connectivity index (χ3n) is 4.10. The summed E-state index contributed by atoms with van der Waals surface area (Å²) in [7, 11) is 0. The average molecular weight is 330 g/mol. The van der Waals surface area contributed by atoms with E-state index in [0.717, 1.165) is 24.1 Å². The molecule has 1 aromatic heterocycles. The highest BCUT2D eigenvalue weighted by Crippen LogP contribution is 2.25. The van der Waals surface area contributed by atoms with Crippen LogP contribution in [0.5, 0.6) is 0 Å². The summed E-state index contributed by atoms with van der Waals surface area (Å²) in [6.07, 6.45) is 6.09. The molecule has 2 aromatic rings. The number of amides is 1. The Balaban J connectivity index is 1.51. The second-order valence-corrected chi connectivity index (χ2v) is 6.88. The predicted molar refractivity (Wildman–Crippen MR) is 93.7 cm³/mol. The van der Waals surface area contributed by atoms with Crippen LogP contribution in [-0.4, -0.2) is 23.6 Å². The summed E-state index contributed by atoms with van der Waals surface area (Å²) >= 11 is 1.44. The fraction of sp³-hybridized carbons (Fsp3) is 0.444. The van der Waals surface area contributed by atoms with Gasteiger partial charge in [-0.3, -0.25) is 10.1 Å². The quantitative estimate of drug-likeness (QED) is 0.883. The summed E-state index contributed by atoms with van der Waals surface area (Å²) in [6.45, 7) is 2.17. The van der Waals surface area contributed by atoms with Crippen LogP contribution in [0.25, 0.3) is 11.3 Å². The lowest BCUT2D eigenvalue weighted by molar-refractivity contribution is -0.123. The van der Waals surface area contributed by atoms with E-state index in [1.807, 2.05) is 17.5 Å². The van der Waals surface area contributed by atoms with Gasteiger partial charge in [0.05, 0.1) is 11.8 Å². The first kappa shape index (κ1) is 16.1. The zero-order valence-corrected chi connectivity index (χ0v) is 14.2. The molecule has 1 aliphatic rings. The number of ether oxygens (including phenoxy) is 1. The van der Waals surface area contributed by atoms with Gasteiger partial charge in [0, 0.05) is 10.9 Å². The van der Waals surface area contributed by atoms with Gasteiger partial charge in [-0.1, -0.05) is 49.1 Å². The summed E-state index contributed by atoms with van der Waals surface area (Å²) in [6, 6.07) is 8.21. The Hall–Kier alpha value is -1.72. The van der Waals surface area contributed by atoms with Crippen LogP contribution in [-0.2, 0) is 9.53 Å². The highest BCUT2D eigenvalue weighted by molar-refractivity contribution is 7.14. The Kier molecular flexibility index (Phi) is 5.41. The van der Waals surface area contributed by atoms with E-state index in [2.05, 4.69) is 29.4 Å². The number of nitrogens with one attached hydrogen (secondary N) is 1. The molecule has 0 unspecified atom stereocenters. The zero-order chi connectivity index (χ0) is 16.1. The van der Waals surface area contributed by atoms with Crippen molar-refractivity contribution >= 4 is 22.4 Å². The standard InChI is InChI=1S/C18H22N2O2S/c1-13-7-9-14(10-8-13)16-12-23-18(19-16)20-17(21)11-22-15-5-3-2-4-6-15/h7-10,12,15H,2-6,11H2,1H3,(H,19,20,21). The van der Waals surface area contributed by atoms with E-state index in [9.17, 15) is 4.79 Å². The molecule has 0 radical (unpaired) electrons. The molecule has 1 amide bonds. The first-order valence-electron chi connectivity index (χ1n) is 8.15. The molecule has 1 aromatic carbocycles. The van der Waals surface area contributed by atoms with E-state index in [-0.39, 0.29) is 18.6 Å². The van der Waals surface area contributed by atoms with E-state index >= 15 is 0 Å². The zero-order valence-electron chi connectivity index (χ0n) is 13.4. The maximum absolute atomic E-state index is 12.0. The van der Waals surface area contributed by atoms with Crippen molar-refractivity contribution in [2.75, 3.05) is 11.9 Å². The number of anilines is 1. The predicted octanol–water partition coefficient (Wildman–Crippen LogP) is 4.41. The van der Waals surface area contributed by atoms with Gasteiger partial charge in [0.25, 0.3) is 5.91 Å². The number of hydrogen-bond donors (Lipinski definition) is 1. The van der Waals surface area contributed by atoms with Gasteiger partial charge in [0.2, 0.25) is 0 Å². The Morgan fingerprint density at radius 2 is 2.00 bits per heavy atom. The van der Waals surface area contributed by atoms with Crippen molar-refractivity contribution in [1.82, 2.24) is 4.98 Å². The smallest absolute Gasteiger partial charge is 0.252 e. The van der Waals surface area contributed by atoms with E-state index in [1.54, 1.807) is 0 Å². The summed E-state index contributed by atoms with van der Waals surface area (Å²) in [5.41, 5.74) is 3.17. The van der Waals surface area contributed by atoms with Gasteiger partial charge >= 0.3 is 0 Å². The number of carbonyl (C=O) groups excluding carboxylic acids is 1. The van der Waals surface area contributed by atoms with Crippen LogP contribution >= 0.6 is 11.3 Å². The lowest BCUT2D eigenvalue weighted by Gasteiger charge is -2.21. The lowest BCUT2D eigenvalue weighted by atomic mass is 9.98. The van der Waals surface area contributed by atoms with Crippen molar-refractivity contribution in [3.63, 3.8) is 0 Å². The maximum atomic E-state index is 12.0. The van der Waals surface area contributed by atoms with E-state index in [4.69, 9.17) is 4.74 Å². The van der Waals surface area contributed by atoms with Gasteiger partial charge in [-0.25, -0.2) is 4.98 Å². The molecule has 1 N–H and O–H groups in total. The Morgan fingerprint density at radius 1 is 1.26 bits per heavy atom. The van der Waals surface area contributed by atoms with Crippen molar-refractivity contribution < 1.29 is 9.53 Å². The first-order valence-corrected chi connectivity index (χ1v) is 9.03. The van der Waals surface area contributed by atoms with Gasteiger partial charge in [0.15, 0.2) is 5.13 Å². The highest BCUT2D eigenvalue weighted by atomic mass is 32.1. The number of rotatable bonds is 5. The van der Waals surface area contributed by atoms with Gasteiger partial charge < -0.3 is 4.74 Å². The molecule has 23 heavy (non-hydrogen) atoms. The van der Waals surface area contributed by atoms with E-state index < -0.39 is 0 Å². The number of carbonyl (C=O) groups is 1. The van der Waals surface area contributed by atoms with Crippen LogP contribution in [0.2, 0.25) is 0 Å². The van der Waals surface area contributed by atoms with Crippen LogP contribution < -0.4 is 5.32 Å². The number of nitrogens with zero attached hydrogens (tertiary/aromatic N) is 1. The Morgan fingerprint density at radius 3 is 2.74 bits per heavy atom. The van der Waals surface area contributed by atoms with Crippen LogP contribution in [0.15, 0.2) is 29.6 Å². The molecule has 122 valence electrons. The Bertz CT molecular complexity index is 645. The number of thiazole rings is 1. The van der Waals surface area contributed by atoms with Gasteiger partial charge in [-0.15, -0.1) is 11.3 Å². The minimum absolute atomic E-state index is 0.115. The van der Waals surface area contributed by atoms with Crippen LogP contribution in [0.1, 0.15) is 37.7 Å². The molecule has 0 aliphatic heterocycles. The van der Waals surface area contributed by atoms with E-state index in [1.165, 1.54) is 36.2 Å². The second-order valence-electron chi connectivity index (χ2n) is 6.02. The molecular formula is C18H22N2O2S. The molecule has 0 bridgehead atoms. The molecule has 5 heteroatoms. The SMILES string of the molecule is Cc1ccc(-c2csc(NC(=O)COC3CCCCC3)n2)cc1. The lowest BCUT2D eigenvalue weighted by Crippen LogP contribution is -2.24. The van der Waals surface area contributed by atoms with Crippen molar-refractivity contribution in [1.29, 1.82) is 0 Å². The summed E-state index contributed by atoms with van der Waals surface area (Å²) < 4.78 is 5.69. The monoisotopic (exact) mass is 330 g/mol. The minimum atomic E-state index is -0.125. The molecular weight excluding hydrogens is 308 g/mol. The van der Waals surface area contributed by atoms with Crippen molar-refractivity contribution in [2.45, 2.75) is 45.1 Å². The highest BCUT2D eigenvalue weighted by Gasteiger charge is 2.15. The topological polar surface area (TPSA) is 51.2 Å². The van der Waals surface area contributed by atoms with Gasteiger partial charge in [-0.05, 0) is 19.8 Å². The maximum Gasteiger partial charge on any atom is 0.252 e. The molecule has 1 saturated carbocycles. The minimum Gasteiger partial charge on any atom is -0.368 e. The van der Waals surface area contributed by atoms with Crippen molar-refractivity contribution in [3.05, 3.63) is 35.2 Å². The summed E-state index contributed by atoms with van der Waals surface area (Å²) in [5.74, 6) is -0.125. The van der Waals surface area contributed by atoms with E-state index in [0.29, 0.717) is 5.13 Å². The Labute approximate surface area is 140 Å². The summed E-state index contributed by atoms with van der Waals surface area (Å²) in [4.78, 5) is 16.5. The number of aryl methyl sites for hydroxylation is 1. The molecule has 0 atom stereocenters. The molecule has 4 nitrogen and oxygen atoms in total. The largest absolute Gasteiger partial charge is 0.368 e. The number of aromatic nitrogens is 1. The number of hydrogen-bond acceptors (Lipinski definition) is 4. The van der Waals surface area contributed by atoms with Crippen LogP contribution in [0.4, 0.5) is 5.13 Å². The molecule has 3 rings (SSSR count). The van der Waals surface area contributed by atoms with Crippen molar-refractivity contribution in [2.24, 2.45) is 0 Å². The second kappa shape index (κ2) is 7.70. The first-order chi connectivity index (χ1) is 11.2. The van der Waals surface area contributed by atoms with Crippen LogP contribution in [0, 0.1) is 6.92 Å². The fourth-order valence-electron chi connectivity index (χ4n) is 2.77. The average Bonchev–Trinajstić information content (AvgIpc) is 3.03. The fourth-order valence-corrected chi connectivity index (χ4v) is 3.50. The third-order valence-corrected chi connectivity index (χ3v) is 4.86. The number of benzene rings is 1.